The molecule has 0 radical (unpaired) electrons. The van der Waals surface area contributed by atoms with E-state index in [2.05, 4.69) is 45.2 Å². The van der Waals surface area contributed by atoms with Crippen molar-refractivity contribution in [3.8, 4) is 17.2 Å². The number of imide groups is 2. The summed E-state index contributed by atoms with van der Waals surface area (Å²) in [4.78, 5) is 82.4. The maximum absolute atomic E-state index is 13.6. The number of amides is 6. The summed E-state index contributed by atoms with van der Waals surface area (Å²) in [5.41, 5.74) is 4.52. The van der Waals surface area contributed by atoms with Gasteiger partial charge in [0.2, 0.25) is 17.7 Å². The Kier molecular flexibility index (Phi) is 13.5. The molecule has 18 nitrogen and oxygen atoms in total. The lowest BCUT2D eigenvalue weighted by Gasteiger charge is -2.27. The SMILES string of the molecule is CCc1ccc(C2=N[C@@H]([C@@H](C)C(=O)NCCOCCOCCNC(=O)COc3cccc4c3C(=O)N(C3CCC(=O)NC3=O)C4=O)c3nnc(C)n3-c3ccc(OC)cc32)cc1. The average Bonchev–Trinajstić information content (AvgIpc) is 3.73. The Bertz CT molecular complexity index is 2410. The molecule has 0 saturated carbocycles. The third kappa shape index (κ3) is 9.11. The number of nitrogens with zero attached hydrogens (tertiary/aromatic N) is 5. The maximum atomic E-state index is 13.6. The number of hydrogen-bond acceptors (Lipinski definition) is 13. The smallest absolute Gasteiger partial charge is 0.266 e. The molecule has 18 heteroatoms. The number of aryl methyl sites for hydroxylation is 2. The Morgan fingerprint density at radius 1 is 0.903 bits per heavy atom. The van der Waals surface area contributed by atoms with Gasteiger partial charge in [0, 0.05) is 30.6 Å². The van der Waals surface area contributed by atoms with Gasteiger partial charge < -0.3 is 29.6 Å². The largest absolute Gasteiger partial charge is 0.497 e. The first-order valence-electron chi connectivity index (χ1n) is 20.5. The summed E-state index contributed by atoms with van der Waals surface area (Å²) < 4.78 is 24.4. The molecule has 1 aromatic heterocycles. The molecule has 7 rings (SSSR count). The van der Waals surface area contributed by atoms with Crippen LogP contribution < -0.4 is 25.4 Å². The monoisotopic (exact) mass is 848 g/mol. The molecule has 1 saturated heterocycles. The molecule has 0 bridgehead atoms. The molecule has 4 aromatic rings. The van der Waals surface area contributed by atoms with E-state index < -0.39 is 54.1 Å². The third-order valence-corrected chi connectivity index (χ3v) is 10.9. The van der Waals surface area contributed by atoms with Crippen LogP contribution in [-0.2, 0) is 35.1 Å². The lowest BCUT2D eigenvalue weighted by atomic mass is 9.97. The number of nitrogens with one attached hydrogen (secondary N) is 3. The van der Waals surface area contributed by atoms with Gasteiger partial charge in [0.15, 0.2) is 12.4 Å². The zero-order valence-corrected chi connectivity index (χ0v) is 34.9. The van der Waals surface area contributed by atoms with Crippen molar-refractivity contribution in [2.24, 2.45) is 10.9 Å². The minimum absolute atomic E-state index is 0.00148. The summed E-state index contributed by atoms with van der Waals surface area (Å²) in [6, 6.07) is 16.7. The summed E-state index contributed by atoms with van der Waals surface area (Å²) in [6.07, 6.45) is 0.924. The van der Waals surface area contributed by atoms with Crippen molar-refractivity contribution in [2.75, 3.05) is 53.2 Å². The third-order valence-electron chi connectivity index (χ3n) is 10.9. The van der Waals surface area contributed by atoms with Gasteiger partial charge in [0.25, 0.3) is 17.7 Å². The van der Waals surface area contributed by atoms with Crippen molar-refractivity contribution in [1.29, 1.82) is 0 Å². The molecule has 6 amide bonds. The first-order valence-corrected chi connectivity index (χ1v) is 20.5. The number of rotatable bonds is 18. The van der Waals surface area contributed by atoms with E-state index in [4.69, 9.17) is 23.9 Å². The molecule has 3 aliphatic heterocycles. The lowest BCUT2D eigenvalue weighted by Crippen LogP contribution is -2.54. The maximum Gasteiger partial charge on any atom is 0.266 e. The normalized spacial score (nSPS) is 17.3. The van der Waals surface area contributed by atoms with Crippen molar-refractivity contribution >= 4 is 41.2 Å². The van der Waals surface area contributed by atoms with Gasteiger partial charge in [0.05, 0.1) is 62.0 Å². The van der Waals surface area contributed by atoms with Crippen LogP contribution in [0.25, 0.3) is 5.69 Å². The topological polar surface area (TPSA) is 222 Å². The van der Waals surface area contributed by atoms with Crippen LogP contribution in [0.2, 0.25) is 0 Å². The Hall–Kier alpha value is -6.79. The van der Waals surface area contributed by atoms with Gasteiger partial charge in [-0.15, -0.1) is 10.2 Å². The molecule has 1 fully saturated rings. The van der Waals surface area contributed by atoms with E-state index in [1.807, 2.05) is 48.7 Å². The molecule has 3 aromatic carbocycles. The standard InChI is InChI=1S/C44H48N8O10/c1-5-27-9-11-28(12-10-27)39-31-23-29(59-4)13-14-32(31)51-26(3)49-50-40(51)38(48-39)25(2)41(55)46-18-20-61-22-21-60-19-17-45-36(54)24-62-34-8-6-7-30-37(34)44(58)52(43(30)57)33-15-16-35(53)47-42(33)56/h6-14,23,25,33,38H,5,15-22,24H2,1-4H3,(H,45,54)(H,46,55)(H,47,53,56)/t25-,33?,38+/m1/s1. The second-order valence-corrected chi connectivity index (χ2v) is 14.9. The Morgan fingerprint density at radius 2 is 1.65 bits per heavy atom. The first-order chi connectivity index (χ1) is 30.0. The van der Waals surface area contributed by atoms with Gasteiger partial charge >= 0.3 is 0 Å². The zero-order valence-electron chi connectivity index (χ0n) is 34.9. The number of ether oxygens (including phenoxy) is 4. The number of aromatic nitrogens is 3. The molecule has 324 valence electrons. The van der Waals surface area contributed by atoms with Gasteiger partial charge in [0.1, 0.15) is 29.4 Å². The predicted molar refractivity (Wildman–Crippen MR) is 222 cm³/mol. The highest BCUT2D eigenvalue weighted by Crippen LogP contribution is 2.37. The zero-order chi connectivity index (χ0) is 43.9. The number of carbonyl (C=O) groups excluding carboxylic acids is 6. The summed E-state index contributed by atoms with van der Waals surface area (Å²) in [5.74, 6) is -1.98. The number of methoxy groups -OCH3 is 1. The van der Waals surface area contributed by atoms with Crippen LogP contribution in [0.15, 0.2) is 65.7 Å². The van der Waals surface area contributed by atoms with Crippen LogP contribution in [0, 0.1) is 12.8 Å². The summed E-state index contributed by atoms with van der Waals surface area (Å²) in [5, 5.41) is 16.6. The Labute approximate surface area is 357 Å². The van der Waals surface area contributed by atoms with Crippen molar-refractivity contribution in [2.45, 2.75) is 52.1 Å². The molecule has 3 aliphatic rings. The van der Waals surface area contributed by atoms with E-state index in [9.17, 15) is 28.8 Å². The van der Waals surface area contributed by atoms with Gasteiger partial charge in [-0.25, -0.2) is 0 Å². The van der Waals surface area contributed by atoms with E-state index in [0.717, 1.165) is 33.8 Å². The number of fused-ring (bicyclic) bond motifs is 4. The van der Waals surface area contributed by atoms with E-state index in [0.29, 0.717) is 17.4 Å². The molecule has 3 N–H and O–H groups in total. The average molecular weight is 849 g/mol. The number of piperidine rings is 1. The molecular weight excluding hydrogens is 801 g/mol. The van der Waals surface area contributed by atoms with Crippen LogP contribution in [0.3, 0.4) is 0 Å². The number of benzene rings is 3. The van der Waals surface area contributed by atoms with Crippen LogP contribution in [0.1, 0.15) is 81.8 Å². The first kappa shape index (κ1) is 43.3. The Balaban J connectivity index is 0.839. The van der Waals surface area contributed by atoms with Crippen molar-refractivity contribution in [3.63, 3.8) is 0 Å². The number of aliphatic imine (C=N–C) groups is 1. The van der Waals surface area contributed by atoms with Crippen LogP contribution in [0.4, 0.5) is 0 Å². The number of hydrogen-bond donors (Lipinski definition) is 3. The molecule has 0 spiro atoms. The van der Waals surface area contributed by atoms with Crippen molar-refractivity contribution in [3.05, 3.63) is 100 Å². The summed E-state index contributed by atoms with van der Waals surface area (Å²) in [6.45, 7) is 6.70. The van der Waals surface area contributed by atoms with E-state index in [1.54, 1.807) is 7.11 Å². The predicted octanol–water partition coefficient (Wildman–Crippen LogP) is 2.42. The van der Waals surface area contributed by atoms with Gasteiger partial charge in [-0.1, -0.05) is 44.2 Å². The molecule has 62 heavy (non-hydrogen) atoms. The molecule has 1 unspecified atom stereocenters. The van der Waals surface area contributed by atoms with E-state index >= 15 is 0 Å². The molecule has 4 heterocycles. The molecule has 0 aliphatic carbocycles. The van der Waals surface area contributed by atoms with Gasteiger partial charge in [-0.3, -0.25) is 48.5 Å². The Morgan fingerprint density at radius 3 is 2.35 bits per heavy atom. The fourth-order valence-corrected chi connectivity index (χ4v) is 7.56. The highest BCUT2D eigenvalue weighted by atomic mass is 16.5. The second kappa shape index (κ2) is 19.3. The number of carbonyl (C=O) groups is 6. The minimum Gasteiger partial charge on any atom is -0.497 e. The minimum atomic E-state index is -1.12. The molecule has 3 atom stereocenters. The summed E-state index contributed by atoms with van der Waals surface area (Å²) in [7, 11) is 1.62. The second-order valence-electron chi connectivity index (χ2n) is 14.9. The van der Waals surface area contributed by atoms with E-state index in [-0.39, 0.29) is 75.1 Å². The van der Waals surface area contributed by atoms with E-state index in [1.165, 1.54) is 23.8 Å². The fourth-order valence-electron chi connectivity index (χ4n) is 7.56. The van der Waals surface area contributed by atoms with Gasteiger partial charge in [-0.05, 0) is 55.7 Å². The quantitative estimate of drug-likeness (QED) is 0.0971. The fraction of sp³-hybridized carbons (Fsp3) is 0.386. The van der Waals surface area contributed by atoms with Crippen LogP contribution >= 0.6 is 0 Å². The van der Waals surface area contributed by atoms with Crippen molar-refractivity contribution in [1.82, 2.24) is 35.6 Å². The lowest BCUT2D eigenvalue weighted by molar-refractivity contribution is -0.136. The van der Waals surface area contributed by atoms with Gasteiger partial charge in [-0.2, -0.15) is 0 Å². The van der Waals surface area contributed by atoms with Crippen molar-refractivity contribution < 1.29 is 47.7 Å². The van der Waals surface area contributed by atoms with Crippen LogP contribution in [-0.4, -0.2) is 120 Å². The molecular formula is C44H48N8O10. The highest BCUT2D eigenvalue weighted by Gasteiger charge is 2.46. The van der Waals surface area contributed by atoms with Crippen LogP contribution in [0.5, 0.6) is 11.5 Å². The summed E-state index contributed by atoms with van der Waals surface area (Å²) >= 11 is 0. The highest BCUT2D eigenvalue weighted by molar-refractivity contribution is 6.24.